The first-order chi connectivity index (χ1) is 9.88. The number of carbonyl (C=O) groups is 3. The molecule has 5 nitrogen and oxygen atoms in total. The standard InChI is InChI=1S/C15H14FNO4/c1-9-6-13(18)17(15(9)21)8-11-4-2-10(7-12(11)16)3-5-14(19)20/h2-5,7,9H,6,8H2,1H3,(H,19,20). The molecule has 1 aliphatic heterocycles. The van der Waals surface area contributed by atoms with Crippen molar-refractivity contribution in [3.8, 4) is 0 Å². The monoisotopic (exact) mass is 291 g/mol. The Kier molecular flexibility index (Phi) is 4.16. The number of imide groups is 1. The smallest absolute Gasteiger partial charge is 0.328 e. The molecule has 0 saturated carbocycles. The number of likely N-dealkylation sites (tertiary alicyclic amines) is 1. The second kappa shape index (κ2) is 5.87. The number of nitrogens with zero attached hydrogens (tertiary/aromatic N) is 1. The van der Waals surface area contributed by atoms with Gasteiger partial charge in [-0.1, -0.05) is 19.1 Å². The van der Waals surface area contributed by atoms with Gasteiger partial charge < -0.3 is 5.11 Å². The topological polar surface area (TPSA) is 74.7 Å². The van der Waals surface area contributed by atoms with Crippen molar-refractivity contribution in [1.82, 2.24) is 4.90 Å². The minimum absolute atomic E-state index is 0.100. The van der Waals surface area contributed by atoms with Crippen LogP contribution in [0, 0.1) is 11.7 Å². The predicted octanol–water partition coefficient (Wildman–Crippen LogP) is 1.82. The van der Waals surface area contributed by atoms with E-state index in [1.54, 1.807) is 6.92 Å². The lowest BCUT2D eigenvalue weighted by molar-refractivity contribution is -0.140. The van der Waals surface area contributed by atoms with Crippen LogP contribution in [0.2, 0.25) is 0 Å². The number of halogens is 1. The molecule has 1 aliphatic rings. The van der Waals surface area contributed by atoms with E-state index in [0.29, 0.717) is 5.56 Å². The Morgan fingerprint density at radius 1 is 1.48 bits per heavy atom. The molecule has 1 aromatic carbocycles. The first-order valence-corrected chi connectivity index (χ1v) is 6.42. The van der Waals surface area contributed by atoms with E-state index in [-0.39, 0.29) is 36.3 Å². The molecule has 1 N–H and O–H groups in total. The van der Waals surface area contributed by atoms with Crippen molar-refractivity contribution in [3.05, 3.63) is 41.2 Å². The molecular weight excluding hydrogens is 277 g/mol. The van der Waals surface area contributed by atoms with E-state index in [0.717, 1.165) is 11.0 Å². The zero-order valence-electron chi connectivity index (χ0n) is 11.4. The van der Waals surface area contributed by atoms with Crippen LogP contribution in [0.4, 0.5) is 4.39 Å². The molecule has 2 amide bonds. The fourth-order valence-electron chi connectivity index (χ4n) is 2.15. The zero-order chi connectivity index (χ0) is 15.6. The third-order valence-electron chi connectivity index (χ3n) is 3.29. The molecule has 0 aromatic heterocycles. The molecule has 0 radical (unpaired) electrons. The highest BCUT2D eigenvalue weighted by atomic mass is 19.1. The predicted molar refractivity (Wildman–Crippen MR) is 72.4 cm³/mol. The summed E-state index contributed by atoms with van der Waals surface area (Å²) in [6.45, 7) is 1.56. The zero-order valence-corrected chi connectivity index (χ0v) is 11.4. The number of carboxylic acids is 1. The number of benzene rings is 1. The third kappa shape index (κ3) is 3.34. The first-order valence-electron chi connectivity index (χ1n) is 6.42. The van der Waals surface area contributed by atoms with Crippen LogP contribution < -0.4 is 0 Å². The Hall–Kier alpha value is -2.50. The SMILES string of the molecule is CC1CC(=O)N(Cc2ccc(C=CC(=O)O)cc2F)C1=O. The Bertz CT molecular complexity index is 639. The van der Waals surface area contributed by atoms with Crippen LogP contribution >= 0.6 is 0 Å². The van der Waals surface area contributed by atoms with E-state index in [1.807, 2.05) is 0 Å². The van der Waals surface area contributed by atoms with E-state index in [2.05, 4.69) is 0 Å². The van der Waals surface area contributed by atoms with Crippen molar-refractivity contribution < 1.29 is 23.9 Å². The van der Waals surface area contributed by atoms with Crippen LogP contribution in [0.1, 0.15) is 24.5 Å². The molecule has 1 unspecified atom stereocenters. The molecule has 2 rings (SSSR count). The van der Waals surface area contributed by atoms with Crippen molar-refractivity contribution in [2.75, 3.05) is 0 Å². The van der Waals surface area contributed by atoms with Gasteiger partial charge in [0.15, 0.2) is 0 Å². The summed E-state index contributed by atoms with van der Waals surface area (Å²) in [5.41, 5.74) is 0.615. The van der Waals surface area contributed by atoms with Gasteiger partial charge in [-0.25, -0.2) is 9.18 Å². The summed E-state index contributed by atoms with van der Waals surface area (Å²) in [6.07, 6.45) is 2.33. The molecule has 0 aliphatic carbocycles. The van der Waals surface area contributed by atoms with Crippen molar-refractivity contribution in [2.45, 2.75) is 19.9 Å². The van der Waals surface area contributed by atoms with E-state index >= 15 is 0 Å². The van der Waals surface area contributed by atoms with Gasteiger partial charge in [-0.05, 0) is 17.7 Å². The van der Waals surface area contributed by atoms with Gasteiger partial charge in [-0.15, -0.1) is 0 Å². The molecule has 1 aromatic rings. The number of carbonyl (C=O) groups excluding carboxylic acids is 2. The minimum atomic E-state index is -1.12. The van der Waals surface area contributed by atoms with E-state index in [4.69, 9.17) is 5.11 Å². The highest BCUT2D eigenvalue weighted by Gasteiger charge is 2.35. The Morgan fingerprint density at radius 3 is 2.71 bits per heavy atom. The molecule has 6 heteroatoms. The molecule has 1 fully saturated rings. The minimum Gasteiger partial charge on any atom is -0.478 e. The molecular formula is C15H14FNO4. The molecule has 1 saturated heterocycles. The molecule has 21 heavy (non-hydrogen) atoms. The van der Waals surface area contributed by atoms with Crippen molar-refractivity contribution in [2.24, 2.45) is 5.92 Å². The maximum absolute atomic E-state index is 13.9. The van der Waals surface area contributed by atoms with Crippen LogP contribution in [0.25, 0.3) is 6.08 Å². The highest BCUT2D eigenvalue weighted by molar-refractivity contribution is 6.03. The number of hydrogen-bond acceptors (Lipinski definition) is 3. The summed E-state index contributed by atoms with van der Waals surface area (Å²) in [6, 6.07) is 4.15. The third-order valence-corrected chi connectivity index (χ3v) is 3.29. The normalized spacial score (nSPS) is 18.8. The Labute approximate surface area is 120 Å². The summed E-state index contributed by atoms with van der Waals surface area (Å²) in [4.78, 5) is 34.9. The van der Waals surface area contributed by atoms with Gasteiger partial charge in [0, 0.05) is 24.0 Å². The van der Waals surface area contributed by atoms with Crippen LogP contribution in [0.5, 0.6) is 0 Å². The van der Waals surface area contributed by atoms with Gasteiger partial charge in [0.1, 0.15) is 5.82 Å². The Balaban J connectivity index is 2.17. The fraction of sp³-hybridized carbons (Fsp3) is 0.267. The number of amides is 2. The maximum atomic E-state index is 13.9. The van der Waals surface area contributed by atoms with Crippen molar-refractivity contribution in [1.29, 1.82) is 0 Å². The van der Waals surface area contributed by atoms with Gasteiger partial charge in [0.25, 0.3) is 0 Å². The van der Waals surface area contributed by atoms with E-state index < -0.39 is 11.8 Å². The largest absolute Gasteiger partial charge is 0.478 e. The lowest BCUT2D eigenvalue weighted by Crippen LogP contribution is -2.30. The molecule has 110 valence electrons. The first kappa shape index (κ1) is 14.9. The summed E-state index contributed by atoms with van der Waals surface area (Å²) >= 11 is 0. The van der Waals surface area contributed by atoms with Crippen LogP contribution in [0.3, 0.4) is 0 Å². The Morgan fingerprint density at radius 2 is 2.19 bits per heavy atom. The van der Waals surface area contributed by atoms with Gasteiger partial charge in [0.05, 0.1) is 6.54 Å². The van der Waals surface area contributed by atoms with Crippen molar-refractivity contribution in [3.63, 3.8) is 0 Å². The fourth-order valence-corrected chi connectivity index (χ4v) is 2.15. The van der Waals surface area contributed by atoms with E-state index in [9.17, 15) is 18.8 Å². The van der Waals surface area contributed by atoms with Crippen LogP contribution in [-0.4, -0.2) is 27.8 Å². The molecule has 1 heterocycles. The van der Waals surface area contributed by atoms with Gasteiger partial charge in [0.2, 0.25) is 11.8 Å². The lowest BCUT2D eigenvalue weighted by Gasteiger charge is -2.15. The summed E-state index contributed by atoms with van der Waals surface area (Å²) in [5.74, 6) is -2.67. The maximum Gasteiger partial charge on any atom is 0.328 e. The average Bonchev–Trinajstić information content (AvgIpc) is 2.65. The molecule has 0 bridgehead atoms. The molecule has 0 spiro atoms. The quantitative estimate of drug-likeness (QED) is 0.678. The number of aliphatic carboxylic acids is 1. The lowest BCUT2D eigenvalue weighted by atomic mass is 10.1. The highest BCUT2D eigenvalue weighted by Crippen LogP contribution is 2.22. The average molecular weight is 291 g/mol. The summed E-state index contributed by atoms with van der Waals surface area (Å²) in [7, 11) is 0. The van der Waals surface area contributed by atoms with Gasteiger partial charge in [-0.3, -0.25) is 14.5 Å². The summed E-state index contributed by atoms with van der Waals surface area (Å²) < 4.78 is 13.9. The number of rotatable bonds is 4. The second-order valence-corrected chi connectivity index (χ2v) is 4.95. The molecule has 1 atom stereocenters. The van der Waals surface area contributed by atoms with Gasteiger partial charge in [-0.2, -0.15) is 0 Å². The number of hydrogen-bond donors (Lipinski definition) is 1. The summed E-state index contributed by atoms with van der Waals surface area (Å²) in [5, 5.41) is 8.51. The van der Waals surface area contributed by atoms with Crippen molar-refractivity contribution >= 4 is 23.9 Å². The van der Waals surface area contributed by atoms with E-state index in [1.165, 1.54) is 24.3 Å². The van der Waals surface area contributed by atoms with Crippen LogP contribution in [-0.2, 0) is 20.9 Å². The van der Waals surface area contributed by atoms with Gasteiger partial charge >= 0.3 is 5.97 Å². The number of carboxylic acid groups (broad SMARTS) is 1. The van der Waals surface area contributed by atoms with Crippen LogP contribution in [0.15, 0.2) is 24.3 Å². The second-order valence-electron chi connectivity index (χ2n) is 4.95.